The van der Waals surface area contributed by atoms with Gasteiger partial charge in [0.1, 0.15) is 0 Å². The van der Waals surface area contributed by atoms with Gasteiger partial charge in [0.2, 0.25) is 11.8 Å². The number of piperidine rings is 1. The number of benzene rings is 1. The van der Waals surface area contributed by atoms with Crippen LogP contribution in [0, 0.1) is 11.3 Å². The van der Waals surface area contributed by atoms with Crippen molar-refractivity contribution in [2.75, 3.05) is 0 Å². The van der Waals surface area contributed by atoms with E-state index in [-0.39, 0.29) is 29.1 Å². The molecule has 0 spiro atoms. The minimum absolute atomic E-state index is 0.0167. The molecule has 0 radical (unpaired) electrons. The highest BCUT2D eigenvalue weighted by Gasteiger charge is 2.42. The van der Waals surface area contributed by atoms with E-state index in [4.69, 9.17) is 0 Å². The number of nitrogens with one attached hydrogen (secondary N) is 1. The molecule has 102 valence electrons. The van der Waals surface area contributed by atoms with E-state index < -0.39 is 0 Å². The Hall–Kier alpha value is -1.16. The van der Waals surface area contributed by atoms with E-state index in [1.54, 1.807) is 0 Å². The van der Waals surface area contributed by atoms with Crippen molar-refractivity contribution in [2.45, 2.75) is 33.1 Å². The molecule has 0 aliphatic carbocycles. The molecule has 1 saturated heterocycles. The van der Waals surface area contributed by atoms with Gasteiger partial charge in [-0.1, -0.05) is 48.8 Å². The highest BCUT2D eigenvalue weighted by Crippen LogP contribution is 2.42. The summed E-state index contributed by atoms with van der Waals surface area (Å²) >= 11 is 3.43. The summed E-state index contributed by atoms with van der Waals surface area (Å²) in [4.78, 5) is 23.9. The van der Waals surface area contributed by atoms with Gasteiger partial charge in [-0.3, -0.25) is 14.9 Å². The van der Waals surface area contributed by atoms with Crippen molar-refractivity contribution < 1.29 is 9.59 Å². The Labute approximate surface area is 121 Å². The number of rotatable bonds is 1. The second-order valence-electron chi connectivity index (χ2n) is 6.12. The predicted octanol–water partition coefficient (Wildman–Crippen LogP) is 3.24. The smallest absolute Gasteiger partial charge is 0.234 e. The summed E-state index contributed by atoms with van der Waals surface area (Å²) in [5.74, 6) is -0.608. The van der Waals surface area contributed by atoms with Gasteiger partial charge in [-0.15, -0.1) is 0 Å². The van der Waals surface area contributed by atoms with Gasteiger partial charge < -0.3 is 0 Å². The summed E-state index contributed by atoms with van der Waals surface area (Å²) in [5, 5.41) is 2.46. The standard InChI is InChI=1S/C15H18BrNO2/c1-15(2,3)11-8-12(18)17-14(19)13(11)9-5-4-6-10(16)7-9/h4-7,11,13H,8H2,1-3H3,(H,17,18,19). The van der Waals surface area contributed by atoms with Crippen molar-refractivity contribution in [1.29, 1.82) is 0 Å². The number of halogens is 1. The van der Waals surface area contributed by atoms with Crippen molar-refractivity contribution in [3.63, 3.8) is 0 Å². The van der Waals surface area contributed by atoms with Crippen molar-refractivity contribution >= 4 is 27.7 Å². The molecule has 0 aromatic heterocycles. The highest BCUT2D eigenvalue weighted by atomic mass is 79.9. The number of carbonyl (C=O) groups excluding carboxylic acids is 2. The molecule has 2 atom stereocenters. The number of hydrogen-bond acceptors (Lipinski definition) is 2. The average Bonchev–Trinajstić information content (AvgIpc) is 2.26. The fourth-order valence-corrected chi connectivity index (χ4v) is 3.07. The molecule has 2 unspecified atom stereocenters. The summed E-state index contributed by atoms with van der Waals surface area (Å²) in [6.07, 6.45) is 0.395. The van der Waals surface area contributed by atoms with Crippen LogP contribution in [0.25, 0.3) is 0 Å². The first-order chi connectivity index (χ1) is 8.79. The maximum atomic E-state index is 12.2. The maximum absolute atomic E-state index is 12.2. The predicted molar refractivity (Wildman–Crippen MR) is 77.6 cm³/mol. The average molecular weight is 324 g/mol. The van der Waals surface area contributed by atoms with E-state index in [0.29, 0.717) is 6.42 Å². The van der Waals surface area contributed by atoms with E-state index in [1.807, 2.05) is 24.3 Å². The van der Waals surface area contributed by atoms with Crippen LogP contribution in [0.3, 0.4) is 0 Å². The lowest BCUT2D eigenvalue weighted by Crippen LogP contribution is -2.48. The van der Waals surface area contributed by atoms with Crippen LogP contribution in [0.1, 0.15) is 38.7 Å². The summed E-state index contributed by atoms with van der Waals surface area (Å²) < 4.78 is 0.947. The zero-order valence-electron chi connectivity index (χ0n) is 11.4. The van der Waals surface area contributed by atoms with Crippen molar-refractivity contribution in [1.82, 2.24) is 5.32 Å². The van der Waals surface area contributed by atoms with E-state index in [9.17, 15) is 9.59 Å². The summed E-state index contributed by atoms with van der Waals surface area (Å²) in [6.45, 7) is 6.23. The molecule has 2 amide bonds. The minimum Gasteiger partial charge on any atom is -0.296 e. The molecule has 1 aromatic carbocycles. The molecule has 0 bridgehead atoms. The van der Waals surface area contributed by atoms with Gasteiger partial charge in [-0.2, -0.15) is 0 Å². The van der Waals surface area contributed by atoms with Crippen LogP contribution in [0.5, 0.6) is 0 Å². The van der Waals surface area contributed by atoms with Crippen molar-refractivity contribution in [3.8, 4) is 0 Å². The molecule has 0 saturated carbocycles. The Morgan fingerprint density at radius 3 is 2.53 bits per heavy atom. The largest absolute Gasteiger partial charge is 0.296 e. The van der Waals surface area contributed by atoms with Gasteiger partial charge in [0.15, 0.2) is 0 Å². The number of carbonyl (C=O) groups is 2. The Morgan fingerprint density at radius 1 is 1.26 bits per heavy atom. The van der Waals surface area contributed by atoms with Gasteiger partial charge in [0, 0.05) is 10.9 Å². The van der Waals surface area contributed by atoms with E-state index in [0.717, 1.165) is 10.0 Å². The first-order valence-electron chi connectivity index (χ1n) is 6.38. The number of hydrogen-bond donors (Lipinski definition) is 1. The van der Waals surface area contributed by atoms with Crippen molar-refractivity contribution in [2.24, 2.45) is 11.3 Å². The number of imide groups is 1. The van der Waals surface area contributed by atoms with Gasteiger partial charge in [0.25, 0.3) is 0 Å². The normalized spacial score (nSPS) is 24.2. The molecule has 1 aromatic rings. The van der Waals surface area contributed by atoms with Crippen LogP contribution in [-0.2, 0) is 9.59 Å². The topological polar surface area (TPSA) is 46.2 Å². The Bertz CT molecular complexity index is 519. The summed E-state index contributed by atoms with van der Waals surface area (Å²) in [5.41, 5.74) is 0.861. The Kier molecular flexibility index (Phi) is 3.81. The first-order valence-corrected chi connectivity index (χ1v) is 7.17. The van der Waals surface area contributed by atoms with E-state index in [2.05, 4.69) is 42.0 Å². The molecule has 2 rings (SSSR count). The fourth-order valence-electron chi connectivity index (χ4n) is 2.66. The zero-order valence-corrected chi connectivity index (χ0v) is 13.0. The van der Waals surface area contributed by atoms with Crippen LogP contribution in [0.2, 0.25) is 0 Å². The first kappa shape index (κ1) is 14.3. The third-order valence-electron chi connectivity index (χ3n) is 3.67. The van der Waals surface area contributed by atoms with Crippen LogP contribution in [0.4, 0.5) is 0 Å². The number of amides is 2. The molecule has 1 aliphatic rings. The molecule has 1 aliphatic heterocycles. The third kappa shape index (κ3) is 3.06. The van der Waals surface area contributed by atoms with E-state index >= 15 is 0 Å². The van der Waals surface area contributed by atoms with Crippen LogP contribution >= 0.6 is 15.9 Å². The third-order valence-corrected chi connectivity index (χ3v) is 4.17. The molecule has 1 N–H and O–H groups in total. The van der Waals surface area contributed by atoms with Gasteiger partial charge in [0.05, 0.1) is 5.92 Å². The maximum Gasteiger partial charge on any atom is 0.234 e. The summed E-state index contributed by atoms with van der Waals surface area (Å²) in [6, 6.07) is 7.76. The SMILES string of the molecule is CC(C)(C)C1CC(=O)NC(=O)C1c1cccc(Br)c1. The van der Waals surface area contributed by atoms with Gasteiger partial charge >= 0.3 is 0 Å². The second-order valence-corrected chi connectivity index (χ2v) is 7.04. The minimum atomic E-state index is -0.268. The molecule has 4 heteroatoms. The zero-order chi connectivity index (χ0) is 14.2. The molecular formula is C15H18BrNO2. The quantitative estimate of drug-likeness (QED) is 0.806. The Morgan fingerprint density at radius 2 is 1.95 bits per heavy atom. The molecule has 19 heavy (non-hydrogen) atoms. The van der Waals surface area contributed by atoms with Crippen LogP contribution in [0.15, 0.2) is 28.7 Å². The lowest BCUT2D eigenvalue weighted by molar-refractivity contribution is -0.138. The van der Waals surface area contributed by atoms with E-state index in [1.165, 1.54) is 0 Å². The summed E-state index contributed by atoms with van der Waals surface area (Å²) in [7, 11) is 0. The highest BCUT2D eigenvalue weighted by molar-refractivity contribution is 9.10. The molecule has 1 heterocycles. The van der Waals surface area contributed by atoms with Gasteiger partial charge in [-0.05, 0) is 29.0 Å². The molecule has 3 nitrogen and oxygen atoms in total. The lowest BCUT2D eigenvalue weighted by atomic mass is 9.67. The Balaban J connectivity index is 2.44. The van der Waals surface area contributed by atoms with Crippen LogP contribution in [-0.4, -0.2) is 11.8 Å². The lowest BCUT2D eigenvalue weighted by Gasteiger charge is -2.39. The monoisotopic (exact) mass is 323 g/mol. The molecular weight excluding hydrogens is 306 g/mol. The molecule has 1 fully saturated rings. The fraction of sp³-hybridized carbons (Fsp3) is 0.467. The van der Waals surface area contributed by atoms with Gasteiger partial charge in [-0.25, -0.2) is 0 Å². The van der Waals surface area contributed by atoms with Crippen LogP contribution < -0.4 is 5.32 Å². The van der Waals surface area contributed by atoms with Crippen molar-refractivity contribution in [3.05, 3.63) is 34.3 Å². The second kappa shape index (κ2) is 5.08.